The zero-order chi connectivity index (χ0) is 14.7. The van der Waals surface area contributed by atoms with Crippen molar-refractivity contribution >= 4 is 5.97 Å². The van der Waals surface area contributed by atoms with E-state index in [1.165, 1.54) is 5.56 Å². The summed E-state index contributed by atoms with van der Waals surface area (Å²) in [6, 6.07) is 20.2. The highest BCUT2D eigenvalue weighted by atomic mass is 16.6. The third-order valence-electron chi connectivity index (χ3n) is 4.02. The van der Waals surface area contributed by atoms with Gasteiger partial charge in [0.25, 0.3) is 0 Å². The molecule has 0 bridgehead atoms. The van der Waals surface area contributed by atoms with Gasteiger partial charge in [0.05, 0.1) is 0 Å². The molecule has 0 spiro atoms. The average Bonchev–Trinajstić information content (AvgIpc) is 2.82. The van der Waals surface area contributed by atoms with Crippen LogP contribution in [0.5, 0.6) is 0 Å². The van der Waals surface area contributed by atoms with Crippen LogP contribution in [0.15, 0.2) is 72.8 Å². The summed E-state index contributed by atoms with van der Waals surface area (Å²) >= 11 is 0. The number of ether oxygens (including phenoxy) is 1. The molecule has 0 radical (unpaired) electrons. The van der Waals surface area contributed by atoms with E-state index in [0.29, 0.717) is 5.57 Å². The zero-order valence-electron chi connectivity index (χ0n) is 11.9. The third-order valence-corrected chi connectivity index (χ3v) is 4.02. The van der Waals surface area contributed by atoms with E-state index >= 15 is 0 Å². The van der Waals surface area contributed by atoms with E-state index in [0.717, 1.165) is 18.4 Å². The molecule has 2 aromatic rings. The predicted molar refractivity (Wildman–Crippen MR) is 82.7 cm³/mol. The summed E-state index contributed by atoms with van der Waals surface area (Å²) in [4.78, 5) is 11.9. The van der Waals surface area contributed by atoms with E-state index in [-0.39, 0.29) is 18.0 Å². The average molecular weight is 278 g/mol. The first kappa shape index (κ1) is 13.6. The number of hydrogen-bond acceptors (Lipinski definition) is 2. The van der Waals surface area contributed by atoms with Crippen LogP contribution in [0.3, 0.4) is 0 Å². The number of cyclic esters (lactones) is 1. The molecule has 0 amide bonds. The lowest BCUT2D eigenvalue weighted by atomic mass is 9.87. The lowest BCUT2D eigenvalue weighted by Gasteiger charge is -2.18. The highest BCUT2D eigenvalue weighted by molar-refractivity contribution is 5.90. The van der Waals surface area contributed by atoms with Crippen LogP contribution >= 0.6 is 0 Å². The highest BCUT2D eigenvalue weighted by Gasteiger charge is 2.38. The van der Waals surface area contributed by atoms with E-state index in [1.54, 1.807) is 0 Å². The monoisotopic (exact) mass is 278 g/mol. The van der Waals surface area contributed by atoms with E-state index in [1.807, 2.05) is 48.5 Å². The minimum absolute atomic E-state index is 0.0557. The molecule has 1 fully saturated rings. The molecule has 1 heterocycles. The molecule has 0 saturated carbocycles. The topological polar surface area (TPSA) is 26.3 Å². The van der Waals surface area contributed by atoms with Gasteiger partial charge < -0.3 is 4.74 Å². The van der Waals surface area contributed by atoms with Gasteiger partial charge >= 0.3 is 5.97 Å². The molecule has 2 nitrogen and oxygen atoms in total. The van der Waals surface area contributed by atoms with Gasteiger partial charge in [0, 0.05) is 11.5 Å². The fourth-order valence-corrected chi connectivity index (χ4v) is 2.84. The summed E-state index contributed by atoms with van der Waals surface area (Å²) < 4.78 is 5.52. The molecule has 0 N–H and O–H groups in total. The van der Waals surface area contributed by atoms with Crippen LogP contribution < -0.4 is 0 Å². The molecule has 2 aromatic carbocycles. The molecule has 0 aromatic heterocycles. The molecule has 0 aliphatic carbocycles. The van der Waals surface area contributed by atoms with Gasteiger partial charge in [-0.15, -0.1) is 0 Å². The van der Waals surface area contributed by atoms with Crippen molar-refractivity contribution in [3.63, 3.8) is 0 Å². The van der Waals surface area contributed by atoms with Gasteiger partial charge in [-0.3, -0.25) is 0 Å². The Hall–Kier alpha value is -2.35. The molecule has 3 rings (SSSR count). The lowest BCUT2D eigenvalue weighted by Crippen LogP contribution is -2.09. The van der Waals surface area contributed by atoms with Gasteiger partial charge in [-0.2, -0.15) is 0 Å². The van der Waals surface area contributed by atoms with Crippen molar-refractivity contribution < 1.29 is 9.53 Å². The quantitative estimate of drug-likeness (QED) is 0.622. The predicted octanol–water partition coefficient (Wildman–Crippen LogP) is 4.09. The van der Waals surface area contributed by atoms with Crippen molar-refractivity contribution in [2.45, 2.75) is 18.9 Å². The van der Waals surface area contributed by atoms with Crippen LogP contribution in [0, 0.1) is 5.92 Å². The molecule has 2 heteroatoms. The van der Waals surface area contributed by atoms with E-state index < -0.39 is 0 Å². The standard InChI is InChI=1S/C19H18O2/c1-14-17(13-12-15-8-4-2-5-9-15)18(21-19(14)20)16-10-6-3-7-11-16/h2-11,17-18H,1,12-13H2/t17-,18+/m0/s1. The van der Waals surface area contributed by atoms with Gasteiger partial charge in [0.1, 0.15) is 6.10 Å². The number of carbonyl (C=O) groups is 1. The fourth-order valence-electron chi connectivity index (χ4n) is 2.84. The molecule has 2 atom stereocenters. The lowest BCUT2D eigenvalue weighted by molar-refractivity contribution is -0.139. The maximum atomic E-state index is 11.9. The molecule has 1 saturated heterocycles. The van der Waals surface area contributed by atoms with Crippen molar-refractivity contribution in [3.05, 3.63) is 83.9 Å². The zero-order valence-corrected chi connectivity index (χ0v) is 11.9. The van der Waals surface area contributed by atoms with Crippen LogP contribution in [-0.2, 0) is 16.0 Å². The summed E-state index contributed by atoms with van der Waals surface area (Å²) in [7, 11) is 0. The van der Waals surface area contributed by atoms with Crippen molar-refractivity contribution in [1.82, 2.24) is 0 Å². The van der Waals surface area contributed by atoms with Crippen molar-refractivity contribution in [2.75, 3.05) is 0 Å². The van der Waals surface area contributed by atoms with E-state index in [4.69, 9.17) is 4.74 Å². The summed E-state index contributed by atoms with van der Waals surface area (Å²) in [5.41, 5.74) is 2.92. The van der Waals surface area contributed by atoms with Crippen LogP contribution in [-0.4, -0.2) is 5.97 Å². The number of hydrogen-bond donors (Lipinski definition) is 0. The van der Waals surface area contributed by atoms with Crippen molar-refractivity contribution in [3.8, 4) is 0 Å². The van der Waals surface area contributed by atoms with Crippen LogP contribution in [0.4, 0.5) is 0 Å². The minimum Gasteiger partial charge on any atom is -0.453 e. The maximum Gasteiger partial charge on any atom is 0.334 e. The Kier molecular flexibility index (Phi) is 3.87. The van der Waals surface area contributed by atoms with Crippen molar-refractivity contribution in [1.29, 1.82) is 0 Å². The number of benzene rings is 2. The highest BCUT2D eigenvalue weighted by Crippen LogP contribution is 2.40. The molecule has 106 valence electrons. The summed E-state index contributed by atoms with van der Waals surface area (Å²) in [5.74, 6) is -0.206. The number of rotatable bonds is 4. The van der Waals surface area contributed by atoms with E-state index in [2.05, 4.69) is 18.7 Å². The Morgan fingerprint density at radius 3 is 2.24 bits per heavy atom. The number of carbonyl (C=O) groups excluding carboxylic acids is 1. The Balaban J connectivity index is 1.77. The maximum absolute atomic E-state index is 11.9. The number of aryl methyl sites for hydroxylation is 1. The second-order valence-electron chi connectivity index (χ2n) is 5.39. The Morgan fingerprint density at radius 1 is 0.952 bits per heavy atom. The molecule has 1 aliphatic rings. The van der Waals surface area contributed by atoms with Crippen molar-refractivity contribution in [2.24, 2.45) is 5.92 Å². The summed E-state index contributed by atoms with van der Waals surface area (Å²) in [6.07, 6.45) is 1.59. The van der Waals surface area contributed by atoms with E-state index in [9.17, 15) is 4.79 Å². The second-order valence-corrected chi connectivity index (χ2v) is 5.39. The second kappa shape index (κ2) is 5.96. The first-order valence-corrected chi connectivity index (χ1v) is 7.24. The normalized spacial score (nSPS) is 21.3. The molecular weight excluding hydrogens is 260 g/mol. The molecule has 21 heavy (non-hydrogen) atoms. The largest absolute Gasteiger partial charge is 0.453 e. The number of esters is 1. The smallest absolute Gasteiger partial charge is 0.334 e. The molecule has 1 aliphatic heterocycles. The molecule has 0 unspecified atom stereocenters. The van der Waals surface area contributed by atoms with Crippen LogP contribution in [0.1, 0.15) is 23.7 Å². The fraction of sp³-hybridized carbons (Fsp3) is 0.211. The van der Waals surface area contributed by atoms with Gasteiger partial charge in [0.15, 0.2) is 0 Å². The Morgan fingerprint density at radius 2 is 1.57 bits per heavy atom. The van der Waals surface area contributed by atoms with Gasteiger partial charge in [-0.05, 0) is 24.0 Å². The Labute approximate surface area is 125 Å². The van der Waals surface area contributed by atoms with Crippen LogP contribution in [0.2, 0.25) is 0 Å². The van der Waals surface area contributed by atoms with Gasteiger partial charge in [0.2, 0.25) is 0 Å². The Bertz CT molecular complexity index is 631. The van der Waals surface area contributed by atoms with Gasteiger partial charge in [-0.25, -0.2) is 4.79 Å². The van der Waals surface area contributed by atoms with Gasteiger partial charge in [-0.1, -0.05) is 67.2 Å². The minimum atomic E-state index is -0.262. The summed E-state index contributed by atoms with van der Waals surface area (Å²) in [5, 5.41) is 0. The molecular formula is C19H18O2. The first-order valence-electron chi connectivity index (χ1n) is 7.24. The van der Waals surface area contributed by atoms with Crippen LogP contribution in [0.25, 0.3) is 0 Å². The first-order chi connectivity index (χ1) is 10.3. The third kappa shape index (κ3) is 2.89. The SMILES string of the molecule is C=C1C(=O)O[C@H](c2ccccc2)[C@H]1CCc1ccccc1. The summed E-state index contributed by atoms with van der Waals surface area (Å²) in [6.45, 7) is 3.93.